The molecular formula is C15H24F2IN3O3S. The molecule has 0 fully saturated rings. The zero-order chi connectivity index (χ0) is 18.2. The molecule has 0 saturated carbocycles. The van der Waals surface area contributed by atoms with Crippen molar-refractivity contribution >= 4 is 39.8 Å². The molecular weight excluding hydrogens is 467 g/mol. The fraction of sp³-hybridized carbons (Fsp3) is 0.533. The van der Waals surface area contributed by atoms with Crippen LogP contribution in [-0.4, -0.2) is 58.0 Å². The first-order chi connectivity index (χ1) is 11.3. The van der Waals surface area contributed by atoms with Crippen LogP contribution >= 0.6 is 24.0 Å². The summed E-state index contributed by atoms with van der Waals surface area (Å²) in [5.41, 5.74) is 0.878. The van der Waals surface area contributed by atoms with Crippen LogP contribution in [0.4, 0.5) is 8.78 Å². The van der Waals surface area contributed by atoms with Crippen LogP contribution in [0.5, 0.6) is 5.75 Å². The van der Waals surface area contributed by atoms with E-state index in [1.165, 1.54) is 12.1 Å². The number of sulfone groups is 1. The summed E-state index contributed by atoms with van der Waals surface area (Å²) in [6.07, 6.45) is 0. The number of nitrogens with one attached hydrogen (secondary N) is 1. The fourth-order valence-corrected chi connectivity index (χ4v) is 2.67. The van der Waals surface area contributed by atoms with Gasteiger partial charge in [0.2, 0.25) is 0 Å². The van der Waals surface area contributed by atoms with Crippen molar-refractivity contribution in [3.05, 3.63) is 29.8 Å². The summed E-state index contributed by atoms with van der Waals surface area (Å²) in [5, 5.41) is 2.99. The van der Waals surface area contributed by atoms with Crippen LogP contribution in [0, 0.1) is 0 Å². The first-order valence-corrected chi connectivity index (χ1v) is 9.25. The van der Waals surface area contributed by atoms with Gasteiger partial charge in [0.25, 0.3) is 0 Å². The molecule has 1 aromatic carbocycles. The van der Waals surface area contributed by atoms with Crippen molar-refractivity contribution in [1.82, 2.24) is 10.2 Å². The van der Waals surface area contributed by atoms with E-state index in [4.69, 9.17) is 0 Å². The van der Waals surface area contributed by atoms with Crippen molar-refractivity contribution in [2.75, 3.05) is 32.1 Å². The van der Waals surface area contributed by atoms with E-state index in [1.807, 2.05) is 4.90 Å². The first kappa shape index (κ1) is 23.8. The van der Waals surface area contributed by atoms with Crippen LogP contribution in [-0.2, 0) is 16.4 Å². The van der Waals surface area contributed by atoms with Crippen LogP contribution in [0.3, 0.4) is 0 Å². The van der Waals surface area contributed by atoms with Crippen LogP contribution in [0.2, 0.25) is 0 Å². The lowest BCUT2D eigenvalue weighted by Gasteiger charge is -2.22. The third-order valence-corrected chi connectivity index (χ3v) is 4.98. The summed E-state index contributed by atoms with van der Waals surface area (Å²) in [7, 11) is 0.369. The summed E-state index contributed by atoms with van der Waals surface area (Å²) in [5.74, 6) is 0.796. The molecule has 0 spiro atoms. The highest BCUT2D eigenvalue weighted by Crippen LogP contribution is 2.15. The van der Waals surface area contributed by atoms with Gasteiger partial charge in [-0.15, -0.1) is 24.0 Å². The van der Waals surface area contributed by atoms with Gasteiger partial charge in [0.05, 0.1) is 5.75 Å². The van der Waals surface area contributed by atoms with Gasteiger partial charge >= 0.3 is 6.61 Å². The van der Waals surface area contributed by atoms with Gasteiger partial charge in [0, 0.05) is 32.9 Å². The Morgan fingerprint density at radius 2 is 1.92 bits per heavy atom. The lowest BCUT2D eigenvalue weighted by molar-refractivity contribution is -0.0498. The normalized spacial score (nSPS) is 11.8. The van der Waals surface area contributed by atoms with Gasteiger partial charge in [-0.1, -0.05) is 19.1 Å². The van der Waals surface area contributed by atoms with E-state index in [0.29, 0.717) is 12.5 Å². The largest absolute Gasteiger partial charge is 0.435 e. The van der Waals surface area contributed by atoms with Gasteiger partial charge in [0.15, 0.2) is 15.8 Å². The molecule has 0 aliphatic rings. The molecule has 10 heteroatoms. The van der Waals surface area contributed by atoms with Crippen molar-refractivity contribution in [2.45, 2.75) is 20.1 Å². The molecule has 0 radical (unpaired) electrons. The molecule has 1 aromatic rings. The van der Waals surface area contributed by atoms with Gasteiger partial charge in [-0.05, 0) is 17.7 Å². The van der Waals surface area contributed by atoms with E-state index in [9.17, 15) is 17.2 Å². The number of ether oxygens (including phenoxy) is 1. The number of hydrogen-bond donors (Lipinski definition) is 1. The van der Waals surface area contributed by atoms with E-state index < -0.39 is 16.4 Å². The van der Waals surface area contributed by atoms with Crippen LogP contribution in [0.25, 0.3) is 0 Å². The van der Waals surface area contributed by atoms with Crippen LogP contribution in [0.15, 0.2) is 29.3 Å². The van der Waals surface area contributed by atoms with Crippen molar-refractivity contribution in [1.29, 1.82) is 0 Å². The average Bonchev–Trinajstić information content (AvgIpc) is 2.53. The standard InChI is InChI=1S/C15H23F2N3O3S.HI/c1-4-24(21,22)10-9-19-15(18-2)20(3)11-12-5-7-13(8-6-12)23-14(16)17;/h5-8,14H,4,9-11H2,1-3H3,(H,18,19);1H. The first-order valence-electron chi connectivity index (χ1n) is 7.43. The molecule has 0 unspecified atom stereocenters. The predicted molar refractivity (Wildman–Crippen MR) is 106 cm³/mol. The average molecular weight is 491 g/mol. The monoisotopic (exact) mass is 491 g/mol. The number of alkyl halides is 2. The minimum atomic E-state index is -3.03. The lowest BCUT2D eigenvalue weighted by Crippen LogP contribution is -2.40. The molecule has 25 heavy (non-hydrogen) atoms. The Kier molecular flexibility index (Phi) is 10.9. The Balaban J connectivity index is 0.00000576. The zero-order valence-electron chi connectivity index (χ0n) is 14.4. The highest BCUT2D eigenvalue weighted by atomic mass is 127. The van der Waals surface area contributed by atoms with Crippen molar-refractivity contribution in [3.63, 3.8) is 0 Å². The third-order valence-electron chi connectivity index (χ3n) is 3.28. The number of rotatable bonds is 8. The van der Waals surface area contributed by atoms with Gasteiger partial charge in [0.1, 0.15) is 5.75 Å². The quantitative estimate of drug-likeness (QED) is 0.344. The Morgan fingerprint density at radius 3 is 2.40 bits per heavy atom. The molecule has 144 valence electrons. The summed E-state index contributed by atoms with van der Waals surface area (Å²) in [4.78, 5) is 5.91. The van der Waals surface area contributed by atoms with Crippen molar-refractivity contribution < 1.29 is 21.9 Å². The molecule has 0 aliphatic heterocycles. The second-order valence-corrected chi connectivity index (χ2v) is 7.56. The number of hydrogen-bond acceptors (Lipinski definition) is 4. The highest BCUT2D eigenvalue weighted by Gasteiger charge is 2.10. The number of halogens is 3. The third kappa shape index (κ3) is 9.19. The Labute approximate surface area is 164 Å². The molecule has 1 N–H and O–H groups in total. The maximum absolute atomic E-state index is 12.1. The van der Waals surface area contributed by atoms with E-state index >= 15 is 0 Å². The number of aliphatic imine (C=N–C) groups is 1. The molecule has 1 rings (SSSR count). The van der Waals surface area contributed by atoms with Crippen LogP contribution in [0.1, 0.15) is 12.5 Å². The van der Waals surface area contributed by atoms with Gasteiger partial charge in [-0.25, -0.2) is 8.42 Å². The molecule has 0 amide bonds. The van der Waals surface area contributed by atoms with Crippen molar-refractivity contribution in [3.8, 4) is 5.75 Å². The Hall–Kier alpha value is -1.17. The molecule has 0 aliphatic carbocycles. The highest BCUT2D eigenvalue weighted by molar-refractivity contribution is 14.0. The smallest absolute Gasteiger partial charge is 0.387 e. The minimum absolute atomic E-state index is 0. The number of nitrogens with zero attached hydrogens (tertiary/aromatic N) is 2. The van der Waals surface area contributed by atoms with E-state index in [0.717, 1.165) is 5.56 Å². The summed E-state index contributed by atoms with van der Waals surface area (Å²) in [6.45, 7) is -0.484. The molecule has 0 heterocycles. The maximum Gasteiger partial charge on any atom is 0.387 e. The number of benzene rings is 1. The van der Waals surface area contributed by atoms with Gasteiger partial charge in [-0.2, -0.15) is 8.78 Å². The van der Waals surface area contributed by atoms with E-state index in [1.54, 1.807) is 33.2 Å². The molecule has 6 nitrogen and oxygen atoms in total. The summed E-state index contributed by atoms with van der Waals surface area (Å²) in [6, 6.07) is 6.31. The molecule has 0 atom stereocenters. The predicted octanol–water partition coefficient (Wildman–Crippen LogP) is 2.35. The fourth-order valence-electron chi connectivity index (χ4n) is 1.97. The second-order valence-electron chi connectivity index (χ2n) is 5.09. The van der Waals surface area contributed by atoms with Gasteiger partial charge in [-0.3, -0.25) is 4.99 Å². The second kappa shape index (κ2) is 11.4. The van der Waals surface area contributed by atoms with Crippen molar-refractivity contribution in [2.24, 2.45) is 4.99 Å². The zero-order valence-corrected chi connectivity index (χ0v) is 17.6. The van der Waals surface area contributed by atoms with E-state index in [2.05, 4.69) is 15.0 Å². The maximum atomic E-state index is 12.1. The summed E-state index contributed by atoms with van der Waals surface area (Å²) < 4.78 is 51.5. The molecule has 0 saturated heterocycles. The van der Waals surface area contributed by atoms with E-state index in [-0.39, 0.29) is 47.8 Å². The summed E-state index contributed by atoms with van der Waals surface area (Å²) >= 11 is 0. The Morgan fingerprint density at radius 1 is 1.32 bits per heavy atom. The van der Waals surface area contributed by atoms with Gasteiger partial charge < -0.3 is 15.0 Å². The molecule has 0 bridgehead atoms. The van der Waals surface area contributed by atoms with Crippen LogP contribution < -0.4 is 10.1 Å². The Bertz CT molecular complexity index is 640. The molecule has 0 aromatic heterocycles. The topological polar surface area (TPSA) is 71.0 Å². The number of guanidine groups is 1. The minimum Gasteiger partial charge on any atom is -0.435 e. The lowest BCUT2D eigenvalue weighted by atomic mass is 10.2. The SMILES string of the molecule is CCS(=O)(=O)CCNC(=NC)N(C)Cc1ccc(OC(F)F)cc1.I.